The van der Waals surface area contributed by atoms with Gasteiger partial charge in [0.05, 0.1) is 11.9 Å². The van der Waals surface area contributed by atoms with Crippen LogP contribution in [0.25, 0.3) is 0 Å². The molecule has 0 saturated carbocycles. The topological polar surface area (TPSA) is 80.0 Å². The van der Waals surface area contributed by atoms with Crippen molar-refractivity contribution >= 4 is 17.9 Å². The van der Waals surface area contributed by atoms with Crippen molar-refractivity contribution in [1.82, 2.24) is 10.3 Å². The molecule has 0 aliphatic rings. The van der Waals surface area contributed by atoms with Crippen molar-refractivity contribution < 1.29 is 4.79 Å². The van der Waals surface area contributed by atoms with Crippen molar-refractivity contribution in [2.75, 3.05) is 24.1 Å². The summed E-state index contributed by atoms with van der Waals surface area (Å²) >= 11 is 0. The van der Waals surface area contributed by atoms with Gasteiger partial charge in [-0.3, -0.25) is 4.79 Å². The van der Waals surface area contributed by atoms with Gasteiger partial charge in [0.15, 0.2) is 0 Å². The van der Waals surface area contributed by atoms with Crippen molar-refractivity contribution in [3.63, 3.8) is 0 Å². The summed E-state index contributed by atoms with van der Waals surface area (Å²) in [5.41, 5.74) is 6.13. The molecule has 5 heteroatoms. The second-order valence-corrected chi connectivity index (χ2v) is 2.83. The Morgan fingerprint density at radius 3 is 2.93 bits per heavy atom. The molecular formula is C9H14N4O. The number of anilines is 2. The molecule has 14 heavy (non-hydrogen) atoms. The van der Waals surface area contributed by atoms with Gasteiger partial charge in [0, 0.05) is 13.1 Å². The number of hydrogen-bond donors (Lipinski definition) is 3. The summed E-state index contributed by atoms with van der Waals surface area (Å²) in [6, 6.07) is 3.61. The molecule has 0 radical (unpaired) electrons. The summed E-state index contributed by atoms with van der Waals surface area (Å²) in [6.45, 7) is 1.45. The average Bonchev–Trinajstić information content (AvgIpc) is 2.21. The minimum Gasteiger partial charge on any atom is -0.397 e. The first-order chi connectivity index (χ1) is 6.83. The number of nitrogens with zero attached hydrogens (tertiary/aromatic N) is 1. The second kappa shape index (κ2) is 5.80. The average molecular weight is 194 g/mol. The molecule has 5 nitrogen and oxygen atoms in total. The Morgan fingerprint density at radius 2 is 2.29 bits per heavy atom. The summed E-state index contributed by atoms with van der Waals surface area (Å²) in [7, 11) is 0. The highest BCUT2D eigenvalue weighted by molar-refractivity contribution is 5.45. The predicted molar refractivity (Wildman–Crippen MR) is 55.8 cm³/mol. The number of nitrogen functional groups attached to an aromatic ring is 1. The molecule has 1 amide bonds. The van der Waals surface area contributed by atoms with Crippen molar-refractivity contribution in [3.8, 4) is 0 Å². The number of aromatic nitrogens is 1. The lowest BCUT2D eigenvalue weighted by Crippen LogP contribution is -2.16. The summed E-state index contributed by atoms with van der Waals surface area (Å²) < 4.78 is 0. The fourth-order valence-corrected chi connectivity index (χ4v) is 0.976. The normalized spacial score (nSPS) is 9.43. The SMILES string of the molecule is Nc1ccc(NCCCNC=O)nc1. The van der Waals surface area contributed by atoms with Crippen molar-refractivity contribution in [2.45, 2.75) is 6.42 Å². The standard InChI is InChI=1S/C9H14N4O/c10-8-2-3-9(13-6-8)12-5-1-4-11-7-14/h2-3,6-7H,1,4-5,10H2,(H,11,14)(H,12,13). The number of carbonyl (C=O) groups is 1. The summed E-state index contributed by atoms with van der Waals surface area (Å²) in [6.07, 6.45) is 3.16. The molecule has 0 spiro atoms. The molecular weight excluding hydrogens is 180 g/mol. The zero-order chi connectivity index (χ0) is 10.2. The lowest BCUT2D eigenvalue weighted by molar-refractivity contribution is -0.109. The Kier molecular flexibility index (Phi) is 4.26. The van der Waals surface area contributed by atoms with Gasteiger partial charge in [-0.2, -0.15) is 0 Å². The number of pyridine rings is 1. The minimum atomic E-state index is 0.651. The largest absolute Gasteiger partial charge is 0.397 e. The predicted octanol–water partition coefficient (Wildman–Crippen LogP) is 0.212. The van der Waals surface area contributed by atoms with Crippen LogP contribution in [0.3, 0.4) is 0 Å². The van der Waals surface area contributed by atoms with Gasteiger partial charge in [0.25, 0.3) is 0 Å². The number of nitrogens with one attached hydrogen (secondary N) is 2. The number of nitrogens with two attached hydrogens (primary N) is 1. The quantitative estimate of drug-likeness (QED) is 0.447. The van der Waals surface area contributed by atoms with Crippen LogP contribution in [0.15, 0.2) is 18.3 Å². The fraction of sp³-hybridized carbons (Fsp3) is 0.333. The van der Waals surface area contributed by atoms with Crippen LogP contribution in [-0.2, 0) is 4.79 Å². The van der Waals surface area contributed by atoms with Gasteiger partial charge < -0.3 is 16.4 Å². The fourth-order valence-electron chi connectivity index (χ4n) is 0.976. The lowest BCUT2D eigenvalue weighted by atomic mass is 10.4. The highest BCUT2D eigenvalue weighted by Crippen LogP contribution is 2.05. The third-order valence-electron chi connectivity index (χ3n) is 1.67. The van der Waals surface area contributed by atoms with Gasteiger partial charge in [-0.05, 0) is 18.6 Å². The zero-order valence-electron chi connectivity index (χ0n) is 7.86. The molecule has 0 aromatic carbocycles. The van der Waals surface area contributed by atoms with Gasteiger partial charge in [-0.25, -0.2) is 4.98 Å². The molecule has 4 N–H and O–H groups in total. The first-order valence-corrected chi connectivity index (χ1v) is 4.45. The van der Waals surface area contributed by atoms with Crippen LogP contribution in [0.5, 0.6) is 0 Å². The van der Waals surface area contributed by atoms with Crippen molar-refractivity contribution in [3.05, 3.63) is 18.3 Å². The van der Waals surface area contributed by atoms with Crippen LogP contribution in [0.2, 0.25) is 0 Å². The van der Waals surface area contributed by atoms with Gasteiger partial charge in [0.1, 0.15) is 5.82 Å². The zero-order valence-corrected chi connectivity index (χ0v) is 7.86. The van der Waals surface area contributed by atoms with Crippen LogP contribution < -0.4 is 16.4 Å². The minimum absolute atomic E-state index is 0.651. The van der Waals surface area contributed by atoms with E-state index in [-0.39, 0.29) is 0 Å². The number of rotatable bonds is 6. The monoisotopic (exact) mass is 194 g/mol. The van der Waals surface area contributed by atoms with E-state index in [9.17, 15) is 4.79 Å². The maximum atomic E-state index is 9.92. The summed E-state index contributed by atoms with van der Waals surface area (Å²) in [4.78, 5) is 14.0. The van der Waals surface area contributed by atoms with E-state index in [1.165, 1.54) is 0 Å². The molecule has 0 saturated heterocycles. The summed E-state index contributed by atoms with van der Waals surface area (Å²) in [5.74, 6) is 0.797. The maximum absolute atomic E-state index is 9.92. The lowest BCUT2D eigenvalue weighted by Gasteiger charge is -2.04. The van der Waals surface area contributed by atoms with Gasteiger partial charge in [-0.1, -0.05) is 0 Å². The molecule has 0 atom stereocenters. The number of amides is 1. The van der Waals surface area contributed by atoms with E-state index >= 15 is 0 Å². The summed E-state index contributed by atoms with van der Waals surface area (Å²) in [5, 5.41) is 5.69. The van der Waals surface area contributed by atoms with E-state index in [4.69, 9.17) is 5.73 Å². The Labute approximate surface area is 82.7 Å². The van der Waals surface area contributed by atoms with Crippen LogP contribution in [0.1, 0.15) is 6.42 Å². The van der Waals surface area contributed by atoms with Gasteiger partial charge >= 0.3 is 0 Å². The molecule has 0 aliphatic heterocycles. The van der Waals surface area contributed by atoms with E-state index < -0.39 is 0 Å². The Morgan fingerprint density at radius 1 is 1.43 bits per heavy atom. The second-order valence-electron chi connectivity index (χ2n) is 2.83. The Bertz CT molecular complexity index is 273. The first kappa shape index (κ1) is 10.3. The van der Waals surface area contributed by atoms with Crippen molar-refractivity contribution in [2.24, 2.45) is 0 Å². The highest BCUT2D eigenvalue weighted by Gasteiger charge is 1.92. The maximum Gasteiger partial charge on any atom is 0.207 e. The molecule has 0 aliphatic carbocycles. The molecule has 1 rings (SSSR count). The molecule has 0 unspecified atom stereocenters. The highest BCUT2D eigenvalue weighted by atomic mass is 16.1. The van der Waals surface area contributed by atoms with E-state index in [1.54, 1.807) is 12.3 Å². The Hall–Kier alpha value is -1.78. The third kappa shape index (κ3) is 3.75. The molecule has 0 bridgehead atoms. The third-order valence-corrected chi connectivity index (χ3v) is 1.67. The van der Waals surface area contributed by atoms with Crippen LogP contribution in [-0.4, -0.2) is 24.5 Å². The number of carbonyl (C=O) groups excluding carboxylic acids is 1. The first-order valence-electron chi connectivity index (χ1n) is 4.45. The Balaban J connectivity index is 2.18. The number of hydrogen-bond acceptors (Lipinski definition) is 4. The van der Waals surface area contributed by atoms with Crippen molar-refractivity contribution in [1.29, 1.82) is 0 Å². The van der Waals surface area contributed by atoms with Gasteiger partial charge in [-0.15, -0.1) is 0 Å². The smallest absolute Gasteiger partial charge is 0.207 e. The molecule has 0 fully saturated rings. The van der Waals surface area contributed by atoms with E-state index in [0.29, 0.717) is 18.6 Å². The van der Waals surface area contributed by atoms with Crippen LogP contribution in [0.4, 0.5) is 11.5 Å². The molecule has 1 heterocycles. The van der Waals surface area contributed by atoms with Crippen LogP contribution in [0, 0.1) is 0 Å². The van der Waals surface area contributed by atoms with Crippen LogP contribution >= 0.6 is 0 Å². The van der Waals surface area contributed by atoms with Gasteiger partial charge in [0.2, 0.25) is 6.41 Å². The van der Waals surface area contributed by atoms with E-state index in [0.717, 1.165) is 18.8 Å². The molecule has 76 valence electrons. The molecule has 1 aromatic rings. The van der Waals surface area contributed by atoms with E-state index in [1.807, 2.05) is 6.07 Å². The van der Waals surface area contributed by atoms with E-state index in [2.05, 4.69) is 15.6 Å². The molecule has 1 aromatic heterocycles.